The Bertz CT molecular complexity index is 456. The van der Waals surface area contributed by atoms with Gasteiger partial charge in [-0.3, -0.25) is 10.3 Å². The van der Waals surface area contributed by atoms with Crippen LogP contribution in [-0.4, -0.2) is 10.8 Å². The van der Waals surface area contributed by atoms with E-state index in [0.29, 0.717) is 0 Å². The number of hydrogen-bond donors (Lipinski definition) is 1. The van der Waals surface area contributed by atoms with Crippen LogP contribution in [0.25, 0.3) is 6.08 Å². The minimum Gasteiger partial charge on any atom is -0.278 e. The van der Waals surface area contributed by atoms with Crippen LogP contribution in [0.2, 0.25) is 0 Å². The van der Waals surface area contributed by atoms with E-state index in [1.807, 2.05) is 19.1 Å². The highest BCUT2D eigenvalue weighted by atomic mass is 15.1. The molecule has 2 heteroatoms. The Hall–Kier alpha value is -1.67. The van der Waals surface area contributed by atoms with Gasteiger partial charge in [-0.15, -0.1) is 6.07 Å². The van der Waals surface area contributed by atoms with E-state index in [9.17, 15) is 0 Å². The van der Waals surface area contributed by atoms with E-state index in [2.05, 4.69) is 31.0 Å². The van der Waals surface area contributed by atoms with E-state index in [0.717, 1.165) is 11.1 Å². The summed E-state index contributed by atoms with van der Waals surface area (Å²) in [5.41, 5.74) is 9.35. The van der Waals surface area contributed by atoms with Crippen LogP contribution in [0.4, 0.5) is 0 Å². The molecule has 0 saturated heterocycles. The van der Waals surface area contributed by atoms with Crippen molar-refractivity contribution in [2.45, 2.75) is 13.1 Å². The average molecular weight is 198 g/mol. The van der Waals surface area contributed by atoms with Gasteiger partial charge in [-0.2, -0.15) is 0 Å². The van der Waals surface area contributed by atoms with Crippen molar-refractivity contribution in [3.05, 3.63) is 53.7 Å². The number of benzene rings is 1. The minimum atomic E-state index is -0.150. The number of allylic oxidation sites excluding steroid dienone is 1. The Morgan fingerprint density at radius 2 is 2.33 bits per heavy atom. The Kier molecular flexibility index (Phi) is 2.52. The second kappa shape index (κ2) is 3.83. The maximum absolute atomic E-state index is 6.03. The first-order chi connectivity index (χ1) is 7.26. The first-order valence-corrected chi connectivity index (χ1v) is 4.96. The summed E-state index contributed by atoms with van der Waals surface area (Å²) in [6.07, 6.45) is 8.79. The van der Waals surface area contributed by atoms with Gasteiger partial charge in [0.15, 0.2) is 12.4 Å². The predicted molar refractivity (Wildman–Crippen MR) is 62.6 cm³/mol. The molecule has 1 aromatic carbocycles. The molecule has 1 atom stereocenters. The van der Waals surface area contributed by atoms with E-state index in [1.165, 1.54) is 5.56 Å². The van der Waals surface area contributed by atoms with Crippen LogP contribution in [0.15, 0.2) is 37.1 Å². The molecule has 0 aromatic heterocycles. The molecule has 2 nitrogen and oxygen atoms in total. The Morgan fingerprint density at radius 3 is 3.00 bits per heavy atom. The summed E-state index contributed by atoms with van der Waals surface area (Å²) in [5.74, 6) is 0. The molecule has 2 rings (SSSR count). The van der Waals surface area contributed by atoms with Gasteiger partial charge in [0.05, 0.1) is 6.20 Å². The highest BCUT2D eigenvalue weighted by molar-refractivity contribution is 5.81. The Morgan fingerprint density at radius 1 is 1.53 bits per heavy atom. The van der Waals surface area contributed by atoms with Crippen LogP contribution in [0.5, 0.6) is 0 Å². The van der Waals surface area contributed by atoms with Crippen molar-refractivity contribution in [2.24, 2.45) is 5.73 Å². The topological polar surface area (TPSA) is 29.0 Å². The molecule has 0 radical (unpaired) electrons. The van der Waals surface area contributed by atoms with Crippen molar-refractivity contribution in [3.63, 3.8) is 0 Å². The number of rotatable bonds is 2. The van der Waals surface area contributed by atoms with Crippen molar-refractivity contribution >= 4 is 12.3 Å². The normalized spacial score (nSPS) is 19.1. The number of hydrogen-bond acceptors (Lipinski definition) is 1. The molecular formula is C13H14N2. The maximum Gasteiger partial charge on any atom is 0.187 e. The molecule has 1 unspecified atom stereocenters. The SMILES string of the molecule is C=C[N+]1=[C-]c2ccc(C=CC)cc2C1N. The lowest BCUT2D eigenvalue weighted by molar-refractivity contribution is -0.495. The minimum absolute atomic E-state index is 0.150. The zero-order valence-corrected chi connectivity index (χ0v) is 8.77. The van der Waals surface area contributed by atoms with Gasteiger partial charge in [-0.1, -0.05) is 36.4 Å². The highest BCUT2D eigenvalue weighted by Gasteiger charge is 2.20. The summed E-state index contributed by atoms with van der Waals surface area (Å²) in [6, 6.07) is 6.19. The molecule has 1 aliphatic rings. The van der Waals surface area contributed by atoms with Crippen LogP contribution < -0.4 is 5.73 Å². The lowest BCUT2D eigenvalue weighted by atomic mass is 10.0. The van der Waals surface area contributed by atoms with Crippen molar-refractivity contribution in [1.82, 2.24) is 0 Å². The summed E-state index contributed by atoms with van der Waals surface area (Å²) >= 11 is 0. The van der Waals surface area contributed by atoms with E-state index >= 15 is 0 Å². The standard InChI is InChI=1S/C13H14N2/c1-3-5-10-6-7-11-9-15(4-2)13(14)12(11)8-10/h3-8,13H,2,14H2,1H3. The quantitative estimate of drug-likeness (QED) is 0.572. The average Bonchev–Trinajstić information content (AvgIpc) is 2.56. The third-order valence-corrected chi connectivity index (χ3v) is 2.50. The highest BCUT2D eigenvalue weighted by Crippen LogP contribution is 2.23. The molecular weight excluding hydrogens is 184 g/mol. The van der Waals surface area contributed by atoms with Gasteiger partial charge in [-0.05, 0) is 18.1 Å². The second-order valence-corrected chi connectivity index (χ2v) is 3.49. The molecule has 15 heavy (non-hydrogen) atoms. The molecule has 0 amide bonds. The summed E-state index contributed by atoms with van der Waals surface area (Å²) < 4.78 is 1.80. The molecule has 1 aromatic rings. The molecule has 1 heterocycles. The van der Waals surface area contributed by atoms with Crippen molar-refractivity contribution in [2.75, 3.05) is 0 Å². The summed E-state index contributed by atoms with van der Waals surface area (Å²) in [4.78, 5) is 0. The van der Waals surface area contributed by atoms with E-state index in [1.54, 1.807) is 10.8 Å². The molecule has 1 aliphatic heterocycles. The third kappa shape index (κ3) is 1.64. The number of nitrogens with zero attached hydrogens (tertiary/aromatic N) is 1. The monoisotopic (exact) mass is 198 g/mol. The summed E-state index contributed by atoms with van der Waals surface area (Å²) in [5, 5.41) is 0. The Labute approximate surface area is 90.0 Å². The fourth-order valence-corrected chi connectivity index (χ4v) is 1.74. The first-order valence-electron chi connectivity index (χ1n) is 4.96. The van der Waals surface area contributed by atoms with Gasteiger partial charge in [0.2, 0.25) is 0 Å². The van der Waals surface area contributed by atoms with Crippen LogP contribution in [-0.2, 0) is 0 Å². The Balaban J connectivity index is 2.45. The lowest BCUT2D eigenvalue weighted by Crippen LogP contribution is -2.17. The number of nitrogens with two attached hydrogens (primary N) is 1. The van der Waals surface area contributed by atoms with Crippen LogP contribution in [0, 0.1) is 0 Å². The molecule has 2 N–H and O–H groups in total. The van der Waals surface area contributed by atoms with Crippen molar-refractivity contribution in [3.8, 4) is 0 Å². The molecule has 0 fully saturated rings. The maximum atomic E-state index is 6.03. The van der Waals surface area contributed by atoms with Crippen LogP contribution in [0.3, 0.4) is 0 Å². The smallest absolute Gasteiger partial charge is 0.187 e. The predicted octanol–water partition coefficient (Wildman–Crippen LogP) is 2.14. The van der Waals surface area contributed by atoms with Gasteiger partial charge in [-0.25, -0.2) is 0 Å². The molecule has 0 spiro atoms. The van der Waals surface area contributed by atoms with Crippen LogP contribution >= 0.6 is 0 Å². The van der Waals surface area contributed by atoms with Crippen molar-refractivity contribution < 1.29 is 4.58 Å². The third-order valence-electron chi connectivity index (χ3n) is 2.50. The van der Waals surface area contributed by atoms with E-state index in [-0.39, 0.29) is 6.17 Å². The van der Waals surface area contributed by atoms with E-state index in [4.69, 9.17) is 5.73 Å². The zero-order chi connectivity index (χ0) is 10.8. The number of fused-ring (bicyclic) bond motifs is 1. The largest absolute Gasteiger partial charge is 0.278 e. The van der Waals surface area contributed by atoms with Crippen LogP contribution in [0.1, 0.15) is 29.8 Å². The van der Waals surface area contributed by atoms with E-state index < -0.39 is 0 Å². The molecule has 76 valence electrons. The zero-order valence-electron chi connectivity index (χ0n) is 8.77. The first kappa shape index (κ1) is 9.87. The van der Waals surface area contributed by atoms with Gasteiger partial charge in [0, 0.05) is 0 Å². The molecule has 0 saturated carbocycles. The lowest BCUT2D eigenvalue weighted by Gasteiger charge is -2.09. The van der Waals surface area contributed by atoms with Gasteiger partial charge < -0.3 is 0 Å². The van der Waals surface area contributed by atoms with Gasteiger partial charge in [0.25, 0.3) is 0 Å². The molecule has 0 aliphatic carbocycles. The summed E-state index contributed by atoms with van der Waals surface area (Å²) in [6.45, 7) is 5.71. The molecule has 0 bridgehead atoms. The van der Waals surface area contributed by atoms with Crippen molar-refractivity contribution in [1.29, 1.82) is 0 Å². The van der Waals surface area contributed by atoms with Gasteiger partial charge >= 0.3 is 0 Å². The van der Waals surface area contributed by atoms with Gasteiger partial charge in [0.1, 0.15) is 0 Å². The summed E-state index contributed by atoms with van der Waals surface area (Å²) in [7, 11) is 0. The fraction of sp³-hybridized carbons (Fsp3) is 0.154. The fourth-order valence-electron chi connectivity index (χ4n) is 1.74. The second-order valence-electron chi connectivity index (χ2n) is 3.49.